The van der Waals surface area contributed by atoms with Gasteiger partial charge in [-0.2, -0.15) is 0 Å². The Kier molecular flexibility index (Phi) is 5.82. The van der Waals surface area contributed by atoms with Gasteiger partial charge in [0.05, 0.1) is 24.4 Å². The van der Waals surface area contributed by atoms with Crippen LogP contribution < -0.4 is 10.2 Å². The fourth-order valence-corrected chi connectivity index (χ4v) is 4.75. The van der Waals surface area contributed by atoms with Gasteiger partial charge in [-0.3, -0.25) is 9.59 Å². The summed E-state index contributed by atoms with van der Waals surface area (Å²) >= 11 is 0. The number of ether oxygens (including phenoxy) is 2. The SMILES string of the molecule is COCCNC(=O)CN1C(=O)N(c2ccccc2)C(=O)C2OC3CCCCC3C21. The summed E-state index contributed by atoms with van der Waals surface area (Å²) in [6.07, 6.45) is 3.13. The zero-order valence-corrected chi connectivity index (χ0v) is 16.6. The van der Waals surface area contributed by atoms with Crippen LogP contribution in [0.2, 0.25) is 0 Å². The maximum Gasteiger partial charge on any atom is 0.332 e. The number of fused-ring (bicyclic) bond motifs is 3. The van der Waals surface area contributed by atoms with Gasteiger partial charge in [0, 0.05) is 19.6 Å². The van der Waals surface area contributed by atoms with Crippen molar-refractivity contribution in [3.8, 4) is 0 Å². The summed E-state index contributed by atoms with van der Waals surface area (Å²) in [5.41, 5.74) is 0.490. The van der Waals surface area contributed by atoms with Crippen LogP contribution in [-0.2, 0) is 19.1 Å². The van der Waals surface area contributed by atoms with Crippen molar-refractivity contribution in [2.24, 2.45) is 5.92 Å². The number of carbonyl (C=O) groups is 3. The summed E-state index contributed by atoms with van der Waals surface area (Å²) in [6.45, 7) is 0.663. The average molecular weight is 401 g/mol. The van der Waals surface area contributed by atoms with Gasteiger partial charge in [-0.15, -0.1) is 0 Å². The molecule has 1 aromatic carbocycles. The summed E-state index contributed by atoms with van der Waals surface area (Å²) < 4.78 is 11.1. The second-order valence-corrected chi connectivity index (χ2v) is 7.80. The minimum absolute atomic E-state index is 0.0368. The van der Waals surface area contributed by atoms with E-state index in [1.54, 1.807) is 31.4 Å². The van der Waals surface area contributed by atoms with Gasteiger partial charge in [-0.1, -0.05) is 31.0 Å². The van der Waals surface area contributed by atoms with Crippen molar-refractivity contribution in [3.05, 3.63) is 30.3 Å². The van der Waals surface area contributed by atoms with E-state index in [0.29, 0.717) is 18.8 Å². The summed E-state index contributed by atoms with van der Waals surface area (Å²) in [7, 11) is 1.56. The van der Waals surface area contributed by atoms with Gasteiger partial charge in [0.15, 0.2) is 6.10 Å². The molecule has 8 heteroatoms. The van der Waals surface area contributed by atoms with Crippen molar-refractivity contribution in [1.29, 1.82) is 0 Å². The number of amides is 4. The molecule has 0 bridgehead atoms. The van der Waals surface area contributed by atoms with Crippen molar-refractivity contribution in [1.82, 2.24) is 10.2 Å². The Morgan fingerprint density at radius 2 is 1.97 bits per heavy atom. The van der Waals surface area contributed by atoms with Crippen LogP contribution in [0.5, 0.6) is 0 Å². The summed E-state index contributed by atoms with van der Waals surface area (Å²) in [5.74, 6) is -0.515. The Morgan fingerprint density at radius 1 is 1.21 bits per heavy atom. The molecular formula is C21H27N3O5. The number of hydrogen-bond acceptors (Lipinski definition) is 5. The third-order valence-electron chi connectivity index (χ3n) is 6.04. The number of methoxy groups -OCH3 is 1. The molecule has 0 aromatic heterocycles. The maximum atomic E-state index is 13.4. The number of imide groups is 1. The first-order valence-electron chi connectivity index (χ1n) is 10.2. The number of hydrogen-bond donors (Lipinski definition) is 1. The van der Waals surface area contributed by atoms with Crippen LogP contribution in [-0.4, -0.2) is 67.8 Å². The lowest BCUT2D eigenvalue weighted by Gasteiger charge is -2.42. The summed E-state index contributed by atoms with van der Waals surface area (Å²) in [5, 5.41) is 2.77. The van der Waals surface area contributed by atoms with E-state index in [1.165, 1.54) is 4.90 Å². The van der Waals surface area contributed by atoms with Gasteiger partial charge in [0.1, 0.15) is 6.54 Å². The fourth-order valence-electron chi connectivity index (χ4n) is 4.75. The third-order valence-corrected chi connectivity index (χ3v) is 6.04. The number of carbonyl (C=O) groups excluding carboxylic acids is 3. The molecule has 1 saturated carbocycles. The number of benzene rings is 1. The van der Waals surface area contributed by atoms with Crippen LogP contribution in [0.1, 0.15) is 25.7 Å². The topological polar surface area (TPSA) is 88.2 Å². The molecule has 3 aliphatic rings. The highest BCUT2D eigenvalue weighted by Crippen LogP contribution is 2.43. The van der Waals surface area contributed by atoms with Crippen LogP contribution in [0.3, 0.4) is 0 Å². The lowest BCUT2D eigenvalue weighted by atomic mass is 9.81. The molecule has 4 amide bonds. The number of urea groups is 1. The average Bonchev–Trinajstić information content (AvgIpc) is 3.12. The normalized spacial score (nSPS) is 28.9. The third kappa shape index (κ3) is 3.74. The Morgan fingerprint density at radius 3 is 2.72 bits per heavy atom. The number of nitrogens with one attached hydrogen (secondary N) is 1. The van der Waals surface area contributed by atoms with Crippen LogP contribution in [0, 0.1) is 5.92 Å². The number of nitrogens with zero attached hydrogens (tertiary/aromatic N) is 2. The van der Waals surface area contributed by atoms with Crippen LogP contribution in [0.15, 0.2) is 30.3 Å². The van der Waals surface area contributed by atoms with E-state index in [-0.39, 0.29) is 30.4 Å². The van der Waals surface area contributed by atoms with Gasteiger partial charge in [-0.05, 0) is 25.0 Å². The van der Waals surface area contributed by atoms with Crippen molar-refractivity contribution in [2.75, 3.05) is 31.7 Å². The van der Waals surface area contributed by atoms with Crippen molar-refractivity contribution >= 4 is 23.5 Å². The number of para-hydroxylation sites is 1. The Bertz CT molecular complexity index is 771. The molecule has 4 atom stereocenters. The molecule has 1 N–H and O–H groups in total. The molecule has 1 aliphatic carbocycles. The minimum atomic E-state index is -0.729. The van der Waals surface area contributed by atoms with E-state index in [1.807, 2.05) is 6.07 Å². The van der Waals surface area contributed by atoms with E-state index in [4.69, 9.17) is 9.47 Å². The first-order valence-corrected chi connectivity index (χ1v) is 10.2. The maximum absolute atomic E-state index is 13.4. The minimum Gasteiger partial charge on any atom is -0.383 e. The van der Waals surface area contributed by atoms with Crippen LogP contribution in [0.25, 0.3) is 0 Å². The van der Waals surface area contributed by atoms with Crippen molar-refractivity contribution in [2.45, 2.75) is 43.9 Å². The van der Waals surface area contributed by atoms with Gasteiger partial charge in [0.2, 0.25) is 5.91 Å². The van der Waals surface area contributed by atoms with E-state index < -0.39 is 18.2 Å². The monoisotopic (exact) mass is 401 g/mol. The Hall–Kier alpha value is -2.45. The molecule has 3 fully saturated rings. The van der Waals surface area contributed by atoms with E-state index in [2.05, 4.69) is 5.32 Å². The molecule has 29 heavy (non-hydrogen) atoms. The first-order chi connectivity index (χ1) is 14.1. The Balaban J connectivity index is 1.62. The molecule has 2 aliphatic heterocycles. The first kappa shape index (κ1) is 19.8. The highest BCUT2D eigenvalue weighted by molar-refractivity contribution is 6.18. The lowest BCUT2D eigenvalue weighted by molar-refractivity contribution is -0.134. The zero-order chi connectivity index (χ0) is 20.4. The van der Waals surface area contributed by atoms with Gasteiger partial charge in [-0.25, -0.2) is 9.69 Å². The highest BCUT2D eigenvalue weighted by atomic mass is 16.5. The smallest absolute Gasteiger partial charge is 0.332 e. The molecule has 156 valence electrons. The molecule has 4 unspecified atom stereocenters. The quantitative estimate of drug-likeness (QED) is 0.731. The molecule has 8 nitrogen and oxygen atoms in total. The zero-order valence-electron chi connectivity index (χ0n) is 16.6. The predicted molar refractivity (Wildman–Crippen MR) is 105 cm³/mol. The number of rotatable bonds is 6. The lowest BCUT2D eigenvalue weighted by Crippen LogP contribution is -2.66. The molecule has 0 radical (unpaired) electrons. The van der Waals surface area contributed by atoms with E-state index >= 15 is 0 Å². The second-order valence-electron chi connectivity index (χ2n) is 7.80. The molecule has 2 heterocycles. The number of anilines is 1. The molecular weight excluding hydrogens is 374 g/mol. The van der Waals surface area contributed by atoms with Gasteiger partial charge < -0.3 is 19.7 Å². The summed E-state index contributed by atoms with van der Waals surface area (Å²) in [4.78, 5) is 41.8. The molecule has 0 spiro atoms. The van der Waals surface area contributed by atoms with E-state index in [0.717, 1.165) is 30.6 Å². The fraction of sp³-hybridized carbons (Fsp3) is 0.571. The predicted octanol–water partition coefficient (Wildman–Crippen LogP) is 1.54. The van der Waals surface area contributed by atoms with E-state index in [9.17, 15) is 14.4 Å². The van der Waals surface area contributed by atoms with Crippen molar-refractivity contribution < 1.29 is 23.9 Å². The molecule has 1 aromatic rings. The Labute approximate surface area is 170 Å². The second kappa shape index (κ2) is 8.51. The van der Waals surface area contributed by atoms with Gasteiger partial charge >= 0.3 is 6.03 Å². The van der Waals surface area contributed by atoms with Crippen LogP contribution in [0.4, 0.5) is 10.5 Å². The summed E-state index contributed by atoms with van der Waals surface area (Å²) in [6, 6.07) is 7.96. The largest absolute Gasteiger partial charge is 0.383 e. The van der Waals surface area contributed by atoms with Gasteiger partial charge in [0.25, 0.3) is 5.91 Å². The van der Waals surface area contributed by atoms with Crippen molar-refractivity contribution in [3.63, 3.8) is 0 Å². The molecule has 4 rings (SSSR count). The standard InChI is InChI=1S/C21H27N3O5/c1-28-12-11-22-17(25)13-23-18-15-9-5-6-10-16(15)29-19(18)20(26)24(21(23)27)14-7-3-2-4-8-14/h2-4,7-8,15-16,18-19H,5-6,9-13H2,1H3,(H,22,25). The van der Waals surface area contributed by atoms with Crippen LogP contribution >= 0.6 is 0 Å². The molecule has 2 saturated heterocycles. The highest BCUT2D eigenvalue weighted by Gasteiger charge is 2.57.